The highest BCUT2D eigenvalue weighted by molar-refractivity contribution is 6.34. The molecule has 2 amide bonds. The second-order valence-electron chi connectivity index (χ2n) is 7.75. The van der Waals surface area contributed by atoms with Crippen LogP contribution in [0.1, 0.15) is 31.8 Å². The number of imide groups is 1. The van der Waals surface area contributed by atoms with Crippen LogP contribution in [0.5, 0.6) is 0 Å². The summed E-state index contributed by atoms with van der Waals surface area (Å²) in [7, 11) is 1.73. The Balaban J connectivity index is 1.47. The van der Waals surface area contributed by atoms with Crippen LogP contribution in [0.3, 0.4) is 0 Å². The van der Waals surface area contributed by atoms with E-state index in [1.807, 2.05) is 12.1 Å². The maximum atomic E-state index is 12.8. The molecule has 31 heavy (non-hydrogen) atoms. The summed E-state index contributed by atoms with van der Waals surface area (Å²) in [6, 6.07) is 17.9. The van der Waals surface area contributed by atoms with Gasteiger partial charge in [0.1, 0.15) is 5.82 Å². The van der Waals surface area contributed by atoms with Gasteiger partial charge in [-0.25, -0.2) is 4.90 Å². The first-order valence-corrected chi connectivity index (χ1v) is 9.99. The molecule has 0 radical (unpaired) electrons. The van der Waals surface area contributed by atoms with Gasteiger partial charge in [-0.15, -0.1) is 0 Å². The minimum absolute atomic E-state index is 0.313. The Kier molecular flexibility index (Phi) is 4.29. The number of amides is 2. The van der Waals surface area contributed by atoms with E-state index in [0.717, 1.165) is 21.6 Å². The SMILES string of the molecule is Cc1ccc(-c2ccc(-c3cc(N4C(=O)c5ccncc5C4=O)n(C)n3)cc2)cc1C. The van der Waals surface area contributed by atoms with Crippen LogP contribution in [0.2, 0.25) is 0 Å². The van der Waals surface area contributed by atoms with Crippen molar-refractivity contribution >= 4 is 17.6 Å². The third kappa shape index (κ3) is 3.04. The monoisotopic (exact) mass is 408 g/mol. The maximum Gasteiger partial charge on any atom is 0.268 e. The predicted octanol–water partition coefficient (Wildman–Crippen LogP) is 4.57. The first-order chi connectivity index (χ1) is 14.9. The lowest BCUT2D eigenvalue weighted by Crippen LogP contribution is -2.31. The van der Waals surface area contributed by atoms with E-state index in [9.17, 15) is 9.59 Å². The van der Waals surface area contributed by atoms with Crippen molar-refractivity contribution in [1.29, 1.82) is 0 Å². The Bertz CT molecular complexity index is 1320. The maximum absolute atomic E-state index is 12.8. The quantitative estimate of drug-likeness (QED) is 0.466. The number of benzene rings is 2. The number of pyridine rings is 1. The van der Waals surface area contributed by atoms with E-state index < -0.39 is 0 Å². The highest BCUT2D eigenvalue weighted by Gasteiger charge is 2.38. The topological polar surface area (TPSA) is 68.1 Å². The number of nitrogens with zero attached hydrogens (tertiary/aromatic N) is 4. The number of aromatic nitrogens is 3. The molecule has 152 valence electrons. The van der Waals surface area contributed by atoms with Crippen molar-refractivity contribution in [3.05, 3.63) is 89.2 Å². The van der Waals surface area contributed by atoms with Gasteiger partial charge < -0.3 is 0 Å². The van der Waals surface area contributed by atoms with Crippen molar-refractivity contribution in [2.45, 2.75) is 13.8 Å². The number of anilines is 1. The van der Waals surface area contributed by atoms with Gasteiger partial charge in [0.2, 0.25) is 0 Å². The van der Waals surface area contributed by atoms with Crippen molar-refractivity contribution < 1.29 is 9.59 Å². The summed E-state index contributed by atoms with van der Waals surface area (Å²) in [6.07, 6.45) is 2.94. The molecule has 0 N–H and O–H groups in total. The second-order valence-corrected chi connectivity index (χ2v) is 7.75. The molecule has 0 saturated carbocycles. The molecule has 0 bridgehead atoms. The van der Waals surface area contributed by atoms with Gasteiger partial charge in [-0.2, -0.15) is 5.10 Å². The number of aryl methyl sites for hydroxylation is 3. The Morgan fingerprint density at radius 3 is 2.13 bits per heavy atom. The minimum atomic E-state index is -0.382. The van der Waals surface area contributed by atoms with Crippen molar-refractivity contribution in [1.82, 2.24) is 14.8 Å². The van der Waals surface area contributed by atoms with E-state index in [2.05, 4.69) is 54.3 Å². The van der Waals surface area contributed by atoms with E-state index >= 15 is 0 Å². The highest BCUT2D eigenvalue weighted by atomic mass is 16.2. The van der Waals surface area contributed by atoms with Gasteiger partial charge in [-0.05, 0) is 42.2 Å². The molecule has 5 rings (SSSR count). The molecule has 4 aromatic rings. The van der Waals surface area contributed by atoms with Gasteiger partial charge in [-0.1, -0.05) is 42.5 Å². The number of rotatable bonds is 3. The summed E-state index contributed by atoms with van der Waals surface area (Å²) >= 11 is 0. The number of carbonyl (C=O) groups excluding carboxylic acids is 2. The van der Waals surface area contributed by atoms with Crippen LogP contribution in [-0.4, -0.2) is 26.6 Å². The third-order valence-corrected chi connectivity index (χ3v) is 5.79. The van der Waals surface area contributed by atoms with Crippen LogP contribution >= 0.6 is 0 Å². The van der Waals surface area contributed by atoms with Gasteiger partial charge in [-0.3, -0.25) is 19.3 Å². The zero-order valence-corrected chi connectivity index (χ0v) is 17.5. The minimum Gasteiger partial charge on any atom is -0.268 e. The Morgan fingerprint density at radius 2 is 1.42 bits per heavy atom. The average molecular weight is 408 g/mol. The number of hydrogen-bond donors (Lipinski definition) is 0. The molecule has 0 fully saturated rings. The molecular weight excluding hydrogens is 388 g/mol. The fraction of sp³-hybridized carbons (Fsp3) is 0.120. The zero-order chi connectivity index (χ0) is 21.7. The second kappa shape index (κ2) is 7.02. The average Bonchev–Trinajstić information content (AvgIpc) is 3.27. The summed E-state index contributed by atoms with van der Waals surface area (Å²) < 4.78 is 1.56. The molecule has 3 heterocycles. The standard InChI is InChI=1S/C25H20N4O2/c1-15-4-5-19(12-16(15)2)17-6-8-18(9-7-17)22-13-23(28(3)27-22)29-24(30)20-10-11-26-14-21(20)25(29)31/h4-14H,1-3H3. The molecule has 0 atom stereocenters. The van der Waals surface area contributed by atoms with Gasteiger partial charge in [0.05, 0.1) is 16.8 Å². The van der Waals surface area contributed by atoms with E-state index in [-0.39, 0.29) is 11.8 Å². The van der Waals surface area contributed by atoms with Crippen molar-refractivity contribution in [3.63, 3.8) is 0 Å². The van der Waals surface area contributed by atoms with E-state index in [1.54, 1.807) is 23.9 Å². The lowest BCUT2D eigenvalue weighted by Gasteiger charge is -2.12. The smallest absolute Gasteiger partial charge is 0.268 e. The Morgan fingerprint density at radius 1 is 0.742 bits per heavy atom. The first-order valence-electron chi connectivity index (χ1n) is 9.99. The number of fused-ring (bicyclic) bond motifs is 1. The normalized spacial score (nSPS) is 13.1. The molecule has 2 aromatic carbocycles. The van der Waals surface area contributed by atoms with Gasteiger partial charge in [0.25, 0.3) is 11.8 Å². The molecule has 0 saturated heterocycles. The summed E-state index contributed by atoms with van der Waals surface area (Å²) in [4.78, 5) is 30.7. The molecule has 0 aliphatic carbocycles. The van der Waals surface area contributed by atoms with Crippen LogP contribution in [-0.2, 0) is 7.05 Å². The number of hydrogen-bond acceptors (Lipinski definition) is 4. The molecular formula is C25H20N4O2. The fourth-order valence-electron chi connectivity index (χ4n) is 3.85. The molecule has 0 unspecified atom stereocenters. The van der Waals surface area contributed by atoms with Crippen LogP contribution < -0.4 is 4.90 Å². The van der Waals surface area contributed by atoms with Crippen LogP contribution in [0.15, 0.2) is 67.0 Å². The lowest BCUT2D eigenvalue weighted by atomic mass is 9.99. The van der Waals surface area contributed by atoms with Crippen LogP contribution in [0.4, 0.5) is 5.82 Å². The van der Waals surface area contributed by atoms with Crippen molar-refractivity contribution in [2.24, 2.45) is 7.05 Å². The zero-order valence-electron chi connectivity index (χ0n) is 17.5. The largest absolute Gasteiger partial charge is 0.268 e. The number of carbonyl (C=O) groups is 2. The Labute approximate surface area is 179 Å². The molecule has 1 aliphatic rings. The molecule has 6 heteroatoms. The summed E-state index contributed by atoms with van der Waals surface area (Å²) in [5.74, 6) is -0.311. The third-order valence-electron chi connectivity index (χ3n) is 5.79. The van der Waals surface area contributed by atoms with Gasteiger partial charge in [0.15, 0.2) is 0 Å². The first kappa shape index (κ1) is 18.9. The summed E-state index contributed by atoms with van der Waals surface area (Å²) in [6.45, 7) is 4.21. The lowest BCUT2D eigenvalue weighted by molar-refractivity contribution is 0.0923. The molecule has 0 spiro atoms. The van der Waals surface area contributed by atoms with E-state index in [4.69, 9.17) is 0 Å². The van der Waals surface area contributed by atoms with Crippen LogP contribution in [0.25, 0.3) is 22.4 Å². The van der Waals surface area contributed by atoms with Crippen LogP contribution in [0, 0.1) is 13.8 Å². The van der Waals surface area contributed by atoms with E-state index in [1.165, 1.54) is 23.5 Å². The highest BCUT2D eigenvalue weighted by Crippen LogP contribution is 2.31. The molecule has 6 nitrogen and oxygen atoms in total. The van der Waals surface area contributed by atoms with Crippen molar-refractivity contribution in [3.8, 4) is 22.4 Å². The fourth-order valence-corrected chi connectivity index (χ4v) is 3.85. The molecule has 2 aromatic heterocycles. The predicted molar refractivity (Wildman–Crippen MR) is 119 cm³/mol. The van der Waals surface area contributed by atoms with Gasteiger partial charge >= 0.3 is 0 Å². The van der Waals surface area contributed by atoms with Crippen molar-refractivity contribution in [2.75, 3.05) is 4.90 Å². The Hall–Kier alpha value is -4.06. The molecule has 1 aliphatic heterocycles. The summed E-state index contributed by atoms with van der Waals surface area (Å²) in [5.41, 5.74) is 7.09. The summed E-state index contributed by atoms with van der Waals surface area (Å²) in [5, 5.41) is 4.54. The van der Waals surface area contributed by atoms with Gasteiger partial charge in [0, 0.05) is 31.1 Å². The van der Waals surface area contributed by atoms with E-state index in [0.29, 0.717) is 22.6 Å².